The van der Waals surface area contributed by atoms with Gasteiger partial charge in [-0.2, -0.15) is 0 Å². The summed E-state index contributed by atoms with van der Waals surface area (Å²) >= 11 is 5.96. The van der Waals surface area contributed by atoms with Crippen molar-refractivity contribution in [1.29, 1.82) is 0 Å². The third-order valence-electron chi connectivity index (χ3n) is 3.33. The van der Waals surface area contributed by atoms with E-state index in [-0.39, 0.29) is 6.61 Å². The highest BCUT2D eigenvalue weighted by Crippen LogP contribution is 2.27. The summed E-state index contributed by atoms with van der Waals surface area (Å²) in [5.41, 5.74) is 1.96. The van der Waals surface area contributed by atoms with Gasteiger partial charge in [-0.05, 0) is 38.0 Å². The van der Waals surface area contributed by atoms with Gasteiger partial charge in [-0.1, -0.05) is 11.6 Å². The van der Waals surface area contributed by atoms with E-state index in [1.165, 1.54) is 0 Å². The highest BCUT2D eigenvalue weighted by Gasteiger charge is 2.21. The van der Waals surface area contributed by atoms with E-state index in [9.17, 15) is 5.11 Å². The lowest BCUT2D eigenvalue weighted by molar-refractivity contribution is 0.0526. The lowest BCUT2D eigenvalue weighted by Gasteiger charge is -2.35. The molecule has 1 saturated heterocycles. The second-order valence-electron chi connectivity index (χ2n) is 4.60. The minimum atomic E-state index is 0.0195. The Balaban J connectivity index is 2.15. The van der Waals surface area contributed by atoms with E-state index in [2.05, 4.69) is 4.90 Å². The molecule has 4 heteroatoms. The third-order valence-corrected chi connectivity index (χ3v) is 3.57. The Bertz CT molecular complexity index is 395. The molecule has 0 aliphatic carbocycles. The SMILES string of the molecule is CCOC1CCCN(c2ccc(Cl)cc2CO)C1. The maximum atomic E-state index is 9.43. The molecule has 1 aromatic rings. The summed E-state index contributed by atoms with van der Waals surface area (Å²) in [6, 6.07) is 5.70. The number of hydrogen-bond acceptors (Lipinski definition) is 3. The molecule has 1 heterocycles. The average molecular weight is 270 g/mol. The predicted octanol–water partition coefficient (Wildman–Crippen LogP) is 2.84. The molecule has 18 heavy (non-hydrogen) atoms. The van der Waals surface area contributed by atoms with Gasteiger partial charge in [0.25, 0.3) is 0 Å². The monoisotopic (exact) mass is 269 g/mol. The zero-order valence-corrected chi connectivity index (χ0v) is 11.5. The standard InChI is InChI=1S/C14H20ClNO2/c1-2-18-13-4-3-7-16(9-13)14-6-5-12(15)8-11(14)10-17/h5-6,8,13,17H,2-4,7,9-10H2,1H3. The van der Waals surface area contributed by atoms with Crippen LogP contribution in [0.2, 0.25) is 5.02 Å². The summed E-state index contributed by atoms with van der Waals surface area (Å²) in [5.74, 6) is 0. The van der Waals surface area contributed by atoms with Gasteiger partial charge in [-0.15, -0.1) is 0 Å². The first-order valence-electron chi connectivity index (χ1n) is 6.50. The minimum Gasteiger partial charge on any atom is -0.392 e. The highest BCUT2D eigenvalue weighted by molar-refractivity contribution is 6.30. The van der Waals surface area contributed by atoms with Crippen LogP contribution in [0.4, 0.5) is 5.69 Å². The minimum absolute atomic E-state index is 0.0195. The van der Waals surface area contributed by atoms with E-state index < -0.39 is 0 Å². The molecule has 0 radical (unpaired) electrons. The topological polar surface area (TPSA) is 32.7 Å². The first-order chi connectivity index (χ1) is 8.74. The maximum Gasteiger partial charge on any atom is 0.0750 e. The van der Waals surface area contributed by atoms with Crippen LogP contribution in [0.15, 0.2) is 18.2 Å². The largest absolute Gasteiger partial charge is 0.392 e. The van der Waals surface area contributed by atoms with Crippen molar-refractivity contribution in [1.82, 2.24) is 0 Å². The molecule has 0 saturated carbocycles. The molecule has 1 aliphatic rings. The first-order valence-corrected chi connectivity index (χ1v) is 6.88. The van der Waals surface area contributed by atoms with Crippen LogP contribution in [0.1, 0.15) is 25.3 Å². The number of aliphatic hydroxyl groups is 1. The van der Waals surface area contributed by atoms with Gasteiger partial charge in [0.1, 0.15) is 0 Å². The Labute approximate surface area is 113 Å². The first kappa shape index (κ1) is 13.7. The number of halogens is 1. The fourth-order valence-corrected chi connectivity index (χ4v) is 2.71. The molecule has 1 N–H and O–H groups in total. The summed E-state index contributed by atoms with van der Waals surface area (Å²) in [6.45, 7) is 4.71. The summed E-state index contributed by atoms with van der Waals surface area (Å²) in [7, 11) is 0. The Morgan fingerprint density at radius 1 is 1.50 bits per heavy atom. The second kappa shape index (κ2) is 6.41. The number of ether oxygens (including phenoxy) is 1. The molecule has 0 spiro atoms. The van der Waals surface area contributed by atoms with Gasteiger partial charge in [0.15, 0.2) is 0 Å². The van der Waals surface area contributed by atoms with Crippen molar-refractivity contribution in [3.63, 3.8) is 0 Å². The number of anilines is 1. The molecule has 2 rings (SSSR count). The van der Waals surface area contributed by atoms with Crippen molar-refractivity contribution < 1.29 is 9.84 Å². The number of aliphatic hydroxyl groups excluding tert-OH is 1. The molecule has 1 fully saturated rings. The van der Waals surface area contributed by atoms with Crippen LogP contribution < -0.4 is 4.90 Å². The second-order valence-corrected chi connectivity index (χ2v) is 5.03. The van der Waals surface area contributed by atoms with E-state index in [1.807, 2.05) is 25.1 Å². The molecule has 1 aromatic carbocycles. The van der Waals surface area contributed by atoms with Gasteiger partial charge in [-0.25, -0.2) is 0 Å². The van der Waals surface area contributed by atoms with Gasteiger partial charge in [-0.3, -0.25) is 0 Å². The van der Waals surface area contributed by atoms with Crippen molar-refractivity contribution >= 4 is 17.3 Å². The lowest BCUT2D eigenvalue weighted by Crippen LogP contribution is -2.40. The van der Waals surface area contributed by atoms with Crippen LogP contribution in [0.5, 0.6) is 0 Å². The fraction of sp³-hybridized carbons (Fsp3) is 0.571. The Kier molecular flexibility index (Phi) is 4.87. The van der Waals surface area contributed by atoms with Gasteiger partial charge in [0, 0.05) is 36.0 Å². The number of piperidine rings is 1. The zero-order valence-electron chi connectivity index (χ0n) is 10.7. The van der Waals surface area contributed by atoms with E-state index in [1.54, 1.807) is 0 Å². The summed E-state index contributed by atoms with van der Waals surface area (Å²) in [6.07, 6.45) is 2.54. The van der Waals surface area contributed by atoms with Gasteiger partial charge >= 0.3 is 0 Å². The van der Waals surface area contributed by atoms with Gasteiger partial charge in [0.05, 0.1) is 12.7 Å². The predicted molar refractivity (Wildman–Crippen MR) is 74.2 cm³/mol. The summed E-state index contributed by atoms with van der Waals surface area (Å²) in [4.78, 5) is 2.28. The normalized spacial score (nSPS) is 20.2. The third kappa shape index (κ3) is 3.16. The number of hydrogen-bond donors (Lipinski definition) is 1. The van der Waals surface area contributed by atoms with Crippen molar-refractivity contribution in [2.24, 2.45) is 0 Å². The van der Waals surface area contributed by atoms with Crippen LogP contribution in [0.3, 0.4) is 0 Å². The molecule has 0 aromatic heterocycles. The lowest BCUT2D eigenvalue weighted by atomic mass is 10.1. The fourth-order valence-electron chi connectivity index (χ4n) is 2.52. The van der Waals surface area contributed by atoms with Crippen LogP contribution in [0.25, 0.3) is 0 Å². The van der Waals surface area contributed by atoms with Crippen molar-refractivity contribution in [2.45, 2.75) is 32.5 Å². The van der Waals surface area contributed by atoms with Crippen LogP contribution in [0, 0.1) is 0 Å². The van der Waals surface area contributed by atoms with E-state index in [0.717, 1.165) is 43.8 Å². The quantitative estimate of drug-likeness (QED) is 0.912. The van der Waals surface area contributed by atoms with Crippen molar-refractivity contribution in [3.05, 3.63) is 28.8 Å². The smallest absolute Gasteiger partial charge is 0.0750 e. The van der Waals surface area contributed by atoms with Crippen molar-refractivity contribution in [3.8, 4) is 0 Å². The van der Waals surface area contributed by atoms with Crippen LogP contribution in [-0.2, 0) is 11.3 Å². The van der Waals surface area contributed by atoms with E-state index in [0.29, 0.717) is 11.1 Å². The molecule has 0 amide bonds. The van der Waals surface area contributed by atoms with Crippen LogP contribution in [-0.4, -0.2) is 30.9 Å². The molecule has 1 atom stereocenters. The molecule has 3 nitrogen and oxygen atoms in total. The van der Waals surface area contributed by atoms with Gasteiger partial charge in [0.2, 0.25) is 0 Å². The zero-order chi connectivity index (χ0) is 13.0. The Morgan fingerprint density at radius 3 is 3.06 bits per heavy atom. The van der Waals surface area contributed by atoms with Crippen LogP contribution >= 0.6 is 11.6 Å². The summed E-state index contributed by atoms with van der Waals surface area (Å²) in [5, 5.41) is 10.1. The number of benzene rings is 1. The Morgan fingerprint density at radius 2 is 2.33 bits per heavy atom. The molecular formula is C14H20ClNO2. The average Bonchev–Trinajstić information content (AvgIpc) is 2.39. The molecule has 1 unspecified atom stereocenters. The number of rotatable bonds is 4. The highest BCUT2D eigenvalue weighted by atomic mass is 35.5. The molecule has 100 valence electrons. The molecule has 0 bridgehead atoms. The number of nitrogens with zero attached hydrogens (tertiary/aromatic N) is 1. The summed E-state index contributed by atoms with van der Waals surface area (Å²) < 4.78 is 5.70. The van der Waals surface area contributed by atoms with E-state index in [4.69, 9.17) is 16.3 Å². The van der Waals surface area contributed by atoms with E-state index >= 15 is 0 Å². The van der Waals surface area contributed by atoms with Gasteiger partial charge < -0.3 is 14.7 Å². The maximum absolute atomic E-state index is 9.43. The Hall–Kier alpha value is -0.770. The molecular weight excluding hydrogens is 250 g/mol. The van der Waals surface area contributed by atoms with Crippen molar-refractivity contribution in [2.75, 3.05) is 24.6 Å². The molecule has 1 aliphatic heterocycles.